The first kappa shape index (κ1) is 23.5. The second-order valence-corrected chi connectivity index (χ2v) is 11.5. The summed E-state index contributed by atoms with van der Waals surface area (Å²) in [5.74, 6) is -1.17. The first-order valence-corrected chi connectivity index (χ1v) is 13.6. The number of anilines is 1. The third-order valence-corrected chi connectivity index (χ3v) is 9.16. The highest BCUT2D eigenvalue weighted by atomic mass is 79.9. The second kappa shape index (κ2) is 8.33. The van der Waals surface area contributed by atoms with Crippen LogP contribution in [0.5, 0.6) is 5.75 Å². The molecular formula is C27H23BrN2O5S. The Kier molecular flexibility index (Phi) is 5.44. The highest BCUT2D eigenvalue weighted by molar-refractivity contribution is 9.10. The third kappa shape index (κ3) is 3.19. The van der Waals surface area contributed by atoms with Crippen LogP contribution in [0.25, 0.3) is 0 Å². The summed E-state index contributed by atoms with van der Waals surface area (Å²) in [6, 6.07) is 14.7. The van der Waals surface area contributed by atoms with Crippen molar-refractivity contribution in [3.8, 4) is 5.75 Å². The number of aryl methyl sites for hydroxylation is 2. The largest absolute Gasteiger partial charge is 0.507 e. The molecule has 3 aliphatic rings. The lowest BCUT2D eigenvalue weighted by atomic mass is 9.69. The molecule has 6 rings (SSSR count). The van der Waals surface area contributed by atoms with E-state index in [9.17, 15) is 19.5 Å². The van der Waals surface area contributed by atoms with Crippen LogP contribution in [0.15, 0.2) is 62.2 Å². The van der Waals surface area contributed by atoms with Gasteiger partial charge in [-0.15, -0.1) is 11.8 Å². The van der Waals surface area contributed by atoms with Crippen molar-refractivity contribution in [3.63, 3.8) is 0 Å². The van der Waals surface area contributed by atoms with Crippen LogP contribution in [0.1, 0.15) is 38.7 Å². The predicted molar refractivity (Wildman–Crippen MR) is 141 cm³/mol. The number of rotatable bonds is 3. The van der Waals surface area contributed by atoms with E-state index in [1.54, 1.807) is 11.8 Å². The SMILES string of the molecule is Cc1ccc([C@@H]2C3CSCN3[C@]3(C(=O)Nc4ccc(Br)cc43)[C@H]2C(=O)c2c(O)cc(C)oc2=O)cc1. The van der Waals surface area contributed by atoms with Crippen LogP contribution in [0.4, 0.5) is 5.69 Å². The van der Waals surface area contributed by atoms with E-state index in [0.29, 0.717) is 17.1 Å². The standard InChI is InChI=1S/C27H23BrN2O5S/c1-13-3-5-15(6-4-13)21-19-11-36-12-30(19)27(17-10-16(28)7-8-18(17)29-26(27)34)23(21)24(32)22-20(31)9-14(2)35-25(22)33/h3-10,19,21,23,31H,11-12H2,1-2H3,(H,29,34)/t19?,21-,23-,27+/m1/s1. The Labute approximate surface area is 220 Å². The molecule has 1 spiro atoms. The summed E-state index contributed by atoms with van der Waals surface area (Å²) in [5, 5.41) is 13.7. The third-order valence-electron chi connectivity index (χ3n) is 7.63. The zero-order valence-electron chi connectivity index (χ0n) is 19.6. The lowest BCUT2D eigenvalue weighted by molar-refractivity contribution is -0.127. The molecule has 36 heavy (non-hydrogen) atoms. The van der Waals surface area contributed by atoms with E-state index in [-0.39, 0.29) is 23.6 Å². The van der Waals surface area contributed by atoms with E-state index in [2.05, 4.69) is 26.1 Å². The zero-order chi connectivity index (χ0) is 25.4. The van der Waals surface area contributed by atoms with Gasteiger partial charge in [-0.2, -0.15) is 0 Å². The fourth-order valence-corrected chi connectivity index (χ4v) is 7.88. The Hall–Kier alpha value is -2.88. The summed E-state index contributed by atoms with van der Waals surface area (Å²) in [4.78, 5) is 43.5. The number of nitrogens with zero attached hydrogens (tertiary/aromatic N) is 1. The van der Waals surface area contributed by atoms with E-state index in [4.69, 9.17) is 4.42 Å². The molecule has 0 radical (unpaired) electrons. The molecule has 3 aliphatic heterocycles. The van der Waals surface area contributed by atoms with Gasteiger partial charge in [0.25, 0.3) is 0 Å². The lowest BCUT2D eigenvalue weighted by Crippen LogP contribution is -2.53. The molecule has 2 aromatic carbocycles. The fourth-order valence-electron chi connectivity index (χ4n) is 6.19. The quantitative estimate of drug-likeness (QED) is 0.449. The molecule has 4 heterocycles. The molecular weight excluding hydrogens is 544 g/mol. The van der Waals surface area contributed by atoms with Crippen molar-refractivity contribution in [2.24, 2.45) is 5.92 Å². The van der Waals surface area contributed by atoms with Crippen molar-refractivity contribution >= 4 is 45.1 Å². The maximum atomic E-state index is 14.4. The monoisotopic (exact) mass is 566 g/mol. The number of amides is 1. The van der Waals surface area contributed by atoms with Crippen LogP contribution in [-0.2, 0) is 10.3 Å². The van der Waals surface area contributed by atoms with Gasteiger partial charge in [-0.1, -0.05) is 45.8 Å². The smallest absolute Gasteiger partial charge is 0.350 e. The normalized spacial score (nSPS) is 26.8. The minimum absolute atomic E-state index is 0.123. The van der Waals surface area contributed by atoms with Gasteiger partial charge in [0.15, 0.2) is 5.78 Å². The number of nitrogens with one attached hydrogen (secondary N) is 1. The maximum Gasteiger partial charge on any atom is 0.350 e. The van der Waals surface area contributed by atoms with Gasteiger partial charge in [-0.3, -0.25) is 14.5 Å². The zero-order valence-corrected chi connectivity index (χ0v) is 22.0. The fraction of sp³-hybridized carbons (Fsp3) is 0.296. The van der Waals surface area contributed by atoms with Crippen molar-refractivity contribution < 1.29 is 19.1 Å². The van der Waals surface area contributed by atoms with Gasteiger partial charge in [0.2, 0.25) is 5.91 Å². The summed E-state index contributed by atoms with van der Waals surface area (Å²) < 4.78 is 6.01. The molecule has 4 atom stereocenters. The Morgan fingerprint density at radius 2 is 1.92 bits per heavy atom. The predicted octanol–water partition coefficient (Wildman–Crippen LogP) is 4.54. The summed E-state index contributed by atoms with van der Waals surface area (Å²) >= 11 is 5.26. The van der Waals surface area contributed by atoms with E-state index >= 15 is 0 Å². The first-order chi connectivity index (χ1) is 17.2. The van der Waals surface area contributed by atoms with Gasteiger partial charge in [0.05, 0.1) is 5.92 Å². The van der Waals surface area contributed by atoms with Crippen molar-refractivity contribution in [2.45, 2.75) is 31.3 Å². The van der Waals surface area contributed by atoms with Gasteiger partial charge in [0.1, 0.15) is 22.6 Å². The number of benzene rings is 2. The maximum absolute atomic E-state index is 14.4. The van der Waals surface area contributed by atoms with Gasteiger partial charge in [-0.05, 0) is 37.6 Å². The van der Waals surface area contributed by atoms with Crippen LogP contribution in [0.2, 0.25) is 0 Å². The number of thioether (sulfide) groups is 1. The Balaban J connectivity index is 1.65. The summed E-state index contributed by atoms with van der Waals surface area (Å²) in [6.45, 7) is 3.53. The average molecular weight is 567 g/mol. The molecule has 0 bridgehead atoms. The van der Waals surface area contributed by atoms with E-state index in [0.717, 1.165) is 21.4 Å². The molecule has 7 nitrogen and oxygen atoms in total. The van der Waals surface area contributed by atoms with Crippen molar-refractivity contribution in [2.75, 3.05) is 16.9 Å². The second-order valence-electron chi connectivity index (χ2n) is 9.63. The van der Waals surface area contributed by atoms with Crippen LogP contribution in [-0.4, -0.2) is 39.4 Å². The number of hydrogen-bond acceptors (Lipinski definition) is 7. The Bertz CT molecular complexity index is 1490. The van der Waals surface area contributed by atoms with Gasteiger partial charge < -0.3 is 14.8 Å². The molecule has 3 aromatic rings. The van der Waals surface area contributed by atoms with E-state index in [1.165, 1.54) is 13.0 Å². The minimum atomic E-state index is -1.34. The minimum Gasteiger partial charge on any atom is -0.507 e. The molecule has 0 aliphatic carbocycles. The molecule has 1 aromatic heterocycles. The topological polar surface area (TPSA) is 99.8 Å². The van der Waals surface area contributed by atoms with Crippen molar-refractivity contribution in [3.05, 3.63) is 91.4 Å². The lowest BCUT2D eigenvalue weighted by Gasteiger charge is -2.36. The van der Waals surface area contributed by atoms with Gasteiger partial charge in [0, 0.05) is 45.4 Å². The molecule has 9 heteroatoms. The number of hydrogen-bond donors (Lipinski definition) is 2. The Morgan fingerprint density at radius 3 is 2.64 bits per heavy atom. The van der Waals surface area contributed by atoms with Crippen LogP contribution in [0.3, 0.4) is 0 Å². The first-order valence-electron chi connectivity index (χ1n) is 11.6. The molecule has 2 saturated heterocycles. The molecule has 0 saturated carbocycles. The van der Waals surface area contributed by atoms with Crippen LogP contribution < -0.4 is 10.9 Å². The van der Waals surface area contributed by atoms with Crippen molar-refractivity contribution in [1.29, 1.82) is 0 Å². The van der Waals surface area contributed by atoms with Gasteiger partial charge >= 0.3 is 5.63 Å². The average Bonchev–Trinajstić information content (AvgIpc) is 3.47. The van der Waals surface area contributed by atoms with Crippen LogP contribution in [0, 0.1) is 19.8 Å². The number of fused-ring (bicyclic) bond motifs is 4. The number of ketones is 1. The number of carbonyl (C=O) groups excluding carboxylic acids is 2. The van der Waals surface area contributed by atoms with E-state index < -0.39 is 34.2 Å². The Morgan fingerprint density at radius 1 is 1.17 bits per heavy atom. The molecule has 1 unspecified atom stereocenters. The van der Waals surface area contributed by atoms with Gasteiger partial charge in [-0.25, -0.2) is 4.79 Å². The van der Waals surface area contributed by atoms with Crippen LogP contribution >= 0.6 is 27.7 Å². The summed E-state index contributed by atoms with van der Waals surface area (Å²) in [6.07, 6.45) is 0. The number of aromatic hydroxyl groups is 1. The molecule has 1 amide bonds. The van der Waals surface area contributed by atoms with Crippen molar-refractivity contribution in [1.82, 2.24) is 4.90 Å². The number of carbonyl (C=O) groups is 2. The highest BCUT2D eigenvalue weighted by Gasteiger charge is 2.70. The number of Topliss-reactive ketones (excluding diaryl/α,β-unsaturated/α-hetero) is 1. The van der Waals surface area contributed by atoms with E-state index in [1.807, 2.05) is 49.4 Å². The highest BCUT2D eigenvalue weighted by Crippen LogP contribution is 2.61. The summed E-state index contributed by atoms with van der Waals surface area (Å²) in [7, 11) is 0. The molecule has 2 fully saturated rings. The molecule has 2 N–H and O–H groups in total. The number of halogens is 1. The summed E-state index contributed by atoms with van der Waals surface area (Å²) in [5.41, 5.74) is 0.678. The molecule has 184 valence electrons.